The van der Waals surface area contributed by atoms with Gasteiger partial charge in [0.25, 0.3) is 0 Å². The van der Waals surface area contributed by atoms with Gasteiger partial charge < -0.3 is 20.1 Å². The van der Waals surface area contributed by atoms with Crippen LogP contribution in [0.2, 0.25) is 0 Å². The van der Waals surface area contributed by atoms with Crippen molar-refractivity contribution in [2.75, 3.05) is 30.4 Å². The van der Waals surface area contributed by atoms with Crippen molar-refractivity contribution in [1.29, 1.82) is 0 Å². The van der Waals surface area contributed by atoms with Crippen LogP contribution in [0.4, 0.5) is 11.4 Å². The minimum atomic E-state index is -0.134. The molecule has 0 aliphatic rings. The van der Waals surface area contributed by atoms with Crippen LogP contribution in [0.25, 0.3) is 0 Å². The van der Waals surface area contributed by atoms with Crippen LogP contribution in [-0.2, 0) is 11.2 Å². The molecule has 5 nitrogen and oxygen atoms in total. The highest BCUT2D eigenvalue weighted by atomic mass is 16.5. The second kappa shape index (κ2) is 11.3. The van der Waals surface area contributed by atoms with Gasteiger partial charge in [-0.1, -0.05) is 49.1 Å². The molecule has 0 heterocycles. The molecule has 0 aromatic heterocycles. The van der Waals surface area contributed by atoms with Gasteiger partial charge in [-0.2, -0.15) is 0 Å². The number of carbonyl (C=O) groups excluding carboxylic acids is 1. The lowest BCUT2D eigenvalue weighted by Gasteiger charge is -2.10. The molecule has 0 saturated carbocycles. The van der Waals surface area contributed by atoms with Gasteiger partial charge in [-0.25, -0.2) is 0 Å². The van der Waals surface area contributed by atoms with E-state index < -0.39 is 0 Å². The average Bonchev–Trinajstić information content (AvgIpc) is 2.78. The summed E-state index contributed by atoms with van der Waals surface area (Å²) in [5.74, 6) is 1.37. The Labute approximate surface area is 177 Å². The molecular weight excluding hydrogens is 376 g/mol. The maximum absolute atomic E-state index is 12.2. The number of rotatable bonds is 11. The number of carbonyl (C=O) groups is 1. The van der Waals surface area contributed by atoms with Crippen molar-refractivity contribution in [3.63, 3.8) is 0 Å². The molecule has 1 amide bonds. The lowest BCUT2D eigenvalue weighted by molar-refractivity contribution is -0.114. The number of nitrogens with one attached hydrogen (secondary N) is 2. The molecule has 154 valence electrons. The minimum Gasteiger partial charge on any atom is -0.493 e. The van der Waals surface area contributed by atoms with Gasteiger partial charge >= 0.3 is 0 Å². The summed E-state index contributed by atoms with van der Waals surface area (Å²) in [5.41, 5.74) is 2.78. The fourth-order valence-electron chi connectivity index (χ4n) is 2.80. The number of amides is 1. The van der Waals surface area contributed by atoms with E-state index in [2.05, 4.69) is 29.3 Å². The molecule has 0 radical (unpaired) electrons. The van der Waals surface area contributed by atoms with E-state index >= 15 is 0 Å². The van der Waals surface area contributed by atoms with Crippen molar-refractivity contribution in [1.82, 2.24) is 0 Å². The Bertz CT molecular complexity index is 940. The largest absolute Gasteiger partial charge is 0.493 e. The third-order valence-electron chi connectivity index (χ3n) is 4.30. The van der Waals surface area contributed by atoms with Crippen LogP contribution in [0.1, 0.15) is 5.56 Å². The van der Waals surface area contributed by atoms with Crippen LogP contribution in [0.15, 0.2) is 91.5 Å². The Morgan fingerprint density at radius 2 is 1.67 bits per heavy atom. The average molecular weight is 402 g/mol. The first-order valence-corrected chi connectivity index (χ1v) is 9.87. The molecule has 0 bridgehead atoms. The van der Waals surface area contributed by atoms with E-state index in [0.29, 0.717) is 13.2 Å². The van der Waals surface area contributed by atoms with Gasteiger partial charge in [0, 0.05) is 23.9 Å². The van der Waals surface area contributed by atoms with Crippen LogP contribution >= 0.6 is 0 Å². The lowest BCUT2D eigenvalue weighted by Crippen LogP contribution is -2.21. The molecule has 0 unspecified atom stereocenters. The predicted molar refractivity (Wildman–Crippen MR) is 121 cm³/mol. The zero-order valence-electron chi connectivity index (χ0n) is 16.8. The van der Waals surface area contributed by atoms with Gasteiger partial charge in [-0.3, -0.25) is 4.79 Å². The van der Waals surface area contributed by atoms with Gasteiger partial charge in [0.1, 0.15) is 18.1 Å². The van der Waals surface area contributed by atoms with Crippen molar-refractivity contribution in [2.24, 2.45) is 0 Å². The summed E-state index contributed by atoms with van der Waals surface area (Å²) in [7, 11) is 0. The summed E-state index contributed by atoms with van der Waals surface area (Å²) in [4.78, 5) is 12.2. The maximum Gasteiger partial charge on any atom is 0.243 e. The zero-order chi connectivity index (χ0) is 21.0. The van der Waals surface area contributed by atoms with Crippen LogP contribution in [-0.4, -0.2) is 25.7 Å². The number of ether oxygens (including phenoxy) is 2. The highest BCUT2D eigenvalue weighted by Crippen LogP contribution is 2.18. The first kappa shape index (κ1) is 21.0. The first-order valence-electron chi connectivity index (χ1n) is 9.87. The molecule has 2 N–H and O–H groups in total. The SMILES string of the molecule is C=CCOc1cccc(NCC(=O)Nc2ccc(OCCc3ccccc3)cc2)c1. The van der Waals surface area contributed by atoms with Crippen LogP contribution in [0.5, 0.6) is 11.5 Å². The van der Waals surface area contributed by atoms with Crippen LogP contribution in [0, 0.1) is 0 Å². The monoisotopic (exact) mass is 402 g/mol. The summed E-state index contributed by atoms with van der Waals surface area (Å²) < 4.78 is 11.3. The molecule has 0 fully saturated rings. The molecular formula is C25H26N2O3. The minimum absolute atomic E-state index is 0.134. The number of hydrogen-bond donors (Lipinski definition) is 2. The highest BCUT2D eigenvalue weighted by molar-refractivity contribution is 5.93. The number of hydrogen-bond acceptors (Lipinski definition) is 4. The summed E-state index contributed by atoms with van der Waals surface area (Å²) >= 11 is 0. The zero-order valence-corrected chi connectivity index (χ0v) is 16.8. The molecule has 3 rings (SSSR count). The molecule has 0 atom stereocenters. The molecule has 0 aliphatic carbocycles. The molecule has 0 spiro atoms. The Balaban J connectivity index is 1.41. The fraction of sp³-hybridized carbons (Fsp3) is 0.160. The number of benzene rings is 3. The summed E-state index contributed by atoms with van der Waals surface area (Å²) in [6.07, 6.45) is 2.54. The van der Waals surface area contributed by atoms with E-state index in [9.17, 15) is 4.79 Å². The number of anilines is 2. The van der Waals surface area contributed by atoms with E-state index in [1.165, 1.54) is 5.56 Å². The van der Waals surface area contributed by atoms with Crippen LogP contribution in [0.3, 0.4) is 0 Å². The third kappa shape index (κ3) is 7.02. The summed E-state index contributed by atoms with van der Waals surface area (Å²) in [5, 5.41) is 5.96. The Kier molecular flexibility index (Phi) is 7.92. The Morgan fingerprint density at radius 1 is 0.867 bits per heavy atom. The summed E-state index contributed by atoms with van der Waals surface area (Å²) in [6, 6.07) is 25.1. The first-order chi connectivity index (χ1) is 14.7. The van der Waals surface area contributed by atoms with Crippen molar-refractivity contribution in [3.05, 3.63) is 97.1 Å². The second-order valence-electron chi connectivity index (χ2n) is 6.64. The van der Waals surface area contributed by atoms with Gasteiger partial charge in [0.2, 0.25) is 5.91 Å². The smallest absolute Gasteiger partial charge is 0.243 e. The van der Waals surface area contributed by atoms with Crippen molar-refractivity contribution < 1.29 is 14.3 Å². The maximum atomic E-state index is 12.2. The molecule has 3 aromatic carbocycles. The third-order valence-corrected chi connectivity index (χ3v) is 4.30. The van der Waals surface area contributed by atoms with Gasteiger partial charge in [-0.15, -0.1) is 0 Å². The van der Waals surface area contributed by atoms with Crippen LogP contribution < -0.4 is 20.1 Å². The molecule has 30 heavy (non-hydrogen) atoms. The van der Waals surface area contributed by atoms with E-state index in [0.717, 1.165) is 29.3 Å². The van der Waals surface area contributed by atoms with Gasteiger partial charge in [0.15, 0.2) is 0 Å². The Hall–Kier alpha value is -3.73. The topological polar surface area (TPSA) is 59.6 Å². The molecule has 0 aliphatic heterocycles. The van der Waals surface area contributed by atoms with E-state index in [4.69, 9.17) is 9.47 Å². The molecule has 0 saturated heterocycles. The quantitative estimate of drug-likeness (QED) is 0.447. The van der Waals surface area contributed by atoms with Crippen molar-refractivity contribution >= 4 is 17.3 Å². The molecule has 5 heteroatoms. The fourth-order valence-corrected chi connectivity index (χ4v) is 2.80. The van der Waals surface area contributed by atoms with E-state index in [1.807, 2.05) is 66.7 Å². The Morgan fingerprint density at radius 3 is 2.43 bits per heavy atom. The lowest BCUT2D eigenvalue weighted by atomic mass is 10.2. The van der Waals surface area contributed by atoms with Gasteiger partial charge in [0.05, 0.1) is 13.2 Å². The molecule has 3 aromatic rings. The normalized spacial score (nSPS) is 10.1. The second-order valence-corrected chi connectivity index (χ2v) is 6.64. The van der Waals surface area contributed by atoms with E-state index in [1.54, 1.807) is 6.08 Å². The predicted octanol–water partition coefficient (Wildman–Crippen LogP) is 4.92. The van der Waals surface area contributed by atoms with Crippen molar-refractivity contribution in [3.8, 4) is 11.5 Å². The highest BCUT2D eigenvalue weighted by Gasteiger charge is 2.04. The summed E-state index contributed by atoms with van der Waals surface area (Å²) in [6.45, 7) is 4.83. The van der Waals surface area contributed by atoms with Crippen molar-refractivity contribution in [2.45, 2.75) is 6.42 Å². The van der Waals surface area contributed by atoms with E-state index in [-0.39, 0.29) is 12.5 Å². The van der Waals surface area contributed by atoms with Gasteiger partial charge in [-0.05, 0) is 42.0 Å². The standard InChI is InChI=1S/C25H26N2O3/c1-2-16-29-24-10-6-9-22(18-24)26-19-25(28)27-21-11-13-23(14-12-21)30-17-15-20-7-4-3-5-8-20/h2-14,18,26H,1,15-17,19H2,(H,27,28).